The van der Waals surface area contributed by atoms with Gasteiger partial charge < -0.3 is 4.98 Å². The van der Waals surface area contributed by atoms with Crippen molar-refractivity contribution in [3.8, 4) is 0 Å². The molecule has 0 saturated carbocycles. The summed E-state index contributed by atoms with van der Waals surface area (Å²) in [4.78, 5) is 6.32. The number of aromatic amines is 1. The van der Waals surface area contributed by atoms with Crippen LogP contribution in [0.3, 0.4) is 0 Å². The van der Waals surface area contributed by atoms with E-state index in [0.717, 1.165) is 12.8 Å². The van der Waals surface area contributed by atoms with Crippen LogP contribution < -0.4 is 0 Å². The van der Waals surface area contributed by atoms with Gasteiger partial charge in [-0.05, 0) is 6.42 Å². The van der Waals surface area contributed by atoms with Crippen molar-refractivity contribution in [1.29, 1.82) is 0 Å². The molecule has 1 heterocycles. The van der Waals surface area contributed by atoms with E-state index >= 15 is 0 Å². The van der Waals surface area contributed by atoms with Crippen molar-refractivity contribution in [3.63, 3.8) is 0 Å². The van der Waals surface area contributed by atoms with Gasteiger partial charge in [0.15, 0.2) is 5.15 Å². The molecule has 0 aliphatic carbocycles. The number of halogens is 3. The van der Waals surface area contributed by atoms with Crippen molar-refractivity contribution in [3.05, 3.63) is 16.7 Å². The number of aryl methyl sites for hydroxylation is 1. The van der Waals surface area contributed by atoms with E-state index in [-0.39, 0.29) is 10.8 Å². The topological polar surface area (TPSA) is 28.7 Å². The number of hydrogen-bond donors (Lipinski definition) is 1. The number of nitrogens with zero attached hydrogens (tertiary/aromatic N) is 1. The van der Waals surface area contributed by atoms with Crippen molar-refractivity contribution in [1.82, 2.24) is 9.97 Å². The van der Waals surface area contributed by atoms with Crippen molar-refractivity contribution >= 4 is 11.6 Å². The Hall–Kier alpha value is -0.640. The Kier molecular flexibility index (Phi) is 3.66. The van der Waals surface area contributed by atoms with E-state index in [4.69, 9.17) is 11.6 Å². The Bertz CT molecular complexity index is 273. The monoisotopic (exact) mass is 208 g/mol. The van der Waals surface area contributed by atoms with Gasteiger partial charge in [-0.25, -0.2) is 13.8 Å². The number of H-pyrrole nitrogens is 1. The summed E-state index contributed by atoms with van der Waals surface area (Å²) >= 11 is 5.50. The minimum atomic E-state index is -2.57. The van der Waals surface area contributed by atoms with Gasteiger partial charge in [0, 0.05) is 6.42 Å². The molecule has 0 saturated heterocycles. The van der Waals surface area contributed by atoms with E-state index in [1.165, 1.54) is 0 Å². The summed E-state index contributed by atoms with van der Waals surface area (Å²) in [7, 11) is 0. The van der Waals surface area contributed by atoms with Gasteiger partial charge >= 0.3 is 0 Å². The number of imidazole rings is 1. The highest BCUT2D eigenvalue weighted by Crippen LogP contribution is 2.24. The van der Waals surface area contributed by atoms with Crippen molar-refractivity contribution in [2.75, 3.05) is 0 Å². The summed E-state index contributed by atoms with van der Waals surface area (Å²) in [5.41, 5.74) is -0.271. The first kappa shape index (κ1) is 10.4. The maximum absolute atomic E-state index is 12.2. The minimum Gasteiger partial charge on any atom is -0.340 e. The molecule has 1 N–H and O–H groups in total. The Balaban J connectivity index is 2.71. The molecular formula is C8H11ClF2N2. The molecule has 5 heteroatoms. The summed E-state index contributed by atoms with van der Waals surface area (Å²) in [6, 6.07) is 0. The summed E-state index contributed by atoms with van der Waals surface area (Å²) in [6.07, 6.45) is 0.0213. The first-order valence-electron chi connectivity index (χ1n) is 4.17. The Morgan fingerprint density at radius 1 is 1.54 bits per heavy atom. The highest BCUT2D eigenvalue weighted by molar-refractivity contribution is 6.30. The summed E-state index contributed by atoms with van der Waals surface area (Å²) < 4.78 is 24.4. The fourth-order valence-electron chi connectivity index (χ4n) is 1.02. The molecule has 0 aliphatic heterocycles. The molecule has 1 aromatic heterocycles. The molecule has 0 bridgehead atoms. The third-order valence-corrected chi connectivity index (χ3v) is 2.01. The van der Waals surface area contributed by atoms with Crippen LogP contribution >= 0.6 is 11.6 Å². The van der Waals surface area contributed by atoms with Crippen LogP contribution in [0.15, 0.2) is 0 Å². The van der Waals surface area contributed by atoms with Gasteiger partial charge in [-0.2, -0.15) is 0 Å². The van der Waals surface area contributed by atoms with Gasteiger partial charge in [0.1, 0.15) is 11.5 Å². The molecule has 0 radical (unpaired) electrons. The lowest BCUT2D eigenvalue weighted by atomic mass is 10.2. The second kappa shape index (κ2) is 4.56. The predicted molar refractivity (Wildman–Crippen MR) is 47.2 cm³/mol. The molecule has 0 atom stereocenters. The van der Waals surface area contributed by atoms with Crippen molar-refractivity contribution < 1.29 is 8.78 Å². The average molecular weight is 209 g/mol. The Morgan fingerprint density at radius 2 is 2.23 bits per heavy atom. The fourth-order valence-corrected chi connectivity index (χ4v) is 1.25. The molecule has 0 aromatic carbocycles. The van der Waals surface area contributed by atoms with Gasteiger partial charge in [-0.3, -0.25) is 0 Å². The quantitative estimate of drug-likeness (QED) is 0.808. The SMILES string of the molecule is CCCCc1nc(Cl)c(C(F)F)[nH]1. The molecule has 1 aromatic rings. The summed E-state index contributed by atoms with van der Waals surface area (Å²) in [6.45, 7) is 2.03. The zero-order valence-corrected chi connectivity index (χ0v) is 8.04. The molecule has 0 amide bonds. The molecule has 0 unspecified atom stereocenters. The Morgan fingerprint density at radius 3 is 2.69 bits per heavy atom. The van der Waals surface area contributed by atoms with Gasteiger partial charge in [0.25, 0.3) is 6.43 Å². The molecule has 74 valence electrons. The molecular weight excluding hydrogens is 198 g/mol. The van der Waals surface area contributed by atoms with E-state index in [1.54, 1.807) is 0 Å². The Labute approximate surface area is 80.3 Å². The van der Waals surface area contributed by atoms with E-state index in [0.29, 0.717) is 12.2 Å². The summed E-state index contributed by atoms with van der Waals surface area (Å²) in [5, 5.41) is -0.110. The van der Waals surface area contributed by atoms with E-state index < -0.39 is 6.43 Å². The van der Waals surface area contributed by atoms with Crippen LogP contribution in [0, 0.1) is 0 Å². The normalized spacial score (nSPS) is 11.2. The van der Waals surface area contributed by atoms with Crippen molar-refractivity contribution in [2.45, 2.75) is 32.6 Å². The molecule has 2 nitrogen and oxygen atoms in total. The maximum atomic E-state index is 12.2. The van der Waals surface area contributed by atoms with Crippen molar-refractivity contribution in [2.24, 2.45) is 0 Å². The molecule has 0 aliphatic rings. The zero-order chi connectivity index (χ0) is 9.84. The highest BCUT2D eigenvalue weighted by atomic mass is 35.5. The lowest BCUT2D eigenvalue weighted by Crippen LogP contribution is -1.88. The van der Waals surface area contributed by atoms with Crippen LogP contribution in [-0.2, 0) is 6.42 Å². The van der Waals surface area contributed by atoms with Gasteiger partial charge in [0.05, 0.1) is 0 Å². The molecule has 13 heavy (non-hydrogen) atoms. The first-order valence-corrected chi connectivity index (χ1v) is 4.55. The van der Waals surface area contributed by atoms with Crippen LogP contribution in [0.1, 0.15) is 37.7 Å². The van der Waals surface area contributed by atoms with Crippen LogP contribution in [0.4, 0.5) is 8.78 Å². The van der Waals surface area contributed by atoms with Crippen LogP contribution in [0.25, 0.3) is 0 Å². The van der Waals surface area contributed by atoms with E-state index in [2.05, 4.69) is 9.97 Å². The van der Waals surface area contributed by atoms with Crippen LogP contribution in [-0.4, -0.2) is 9.97 Å². The van der Waals surface area contributed by atoms with Gasteiger partial charge in [-0.15, -0.1) is 0 Å². The number of alkyl halides is 2. The lowest BCUT2D eigenvalue weighted by Gasteiger charge is -1.93. The number of nitrogens with one attached hydrogen (secondary N) is 1. The molecule has 0 spiro atoms. The smallest absolute Gasteiger partial charge is 0.281 e. The number of rotatable bonds is 4. The lowest BCUT2D eigenvalue weighted by molar-refractivity contribution is 0.146. The maximum Gasteiger partial charge on any atom is 0.281 e. The fraction of sp³-hybridized carbons (Fsp3) is 0.625. The largest absolute Gasteiger partial charge is 0.340 e. The third kappa shape index (κ3) is 2.66. The minimum absolute atomic E-state index is 0.110. The number of unbranched alkanes of at least 4 members (excludes halogenated alkanes) is 1. The first-order chi connectivity index (χ1) is 6.15. The number of aromatic nitrogens is 2. The predicted octanol–water partition coefficient (Wildman–Crippen LogP) is 3.34. The standard InChI is InChI=1S/C8H11ClF2N2/c1-2-3-4-5-12-6(8(10)11)7(9)13-5/h8H,2-4H2,1H3,(H,12,13). The average Bonchev–Trinajstić information content (AvgIpc) is 2.43. The van der Waals surface area contributed by atoms with E-state index in [1.807, 2.05) is 6.92 Å². The number of hydrogen-bond acceptors (Lipinski definition) is 1. The zero-order valence-electron chi connectivity index (χ0n) is 7.28. The van der Waals surface area contributed by atoms with Crippen LogP contribution in [0.2, 0.25) is 5.15 Å². The molecule has 1 rings (SSSR count). The van der Waals surface area contributed by atoms with Gasteiger partial charge in [0.2, 0.25) is 0 Å². The summed E-state index contributed by atoms with van der Waals surface area (Å²) in [5.74, 6) is 0.544. The van der Waals surface area contributed by atoms with Gasteiger partial charge in [-0.1, -0.05) is 24.9 Å². The highest BCUT2D eigenvalue weighted by Gasteiger charge is 2.16. The second-order valence-corrected chi connectivity index (χ2v) is 3.15. The van der Waals surface area contributed by atoms with Crippen LogP contribution in [0.5, 0.6) is 0 Å². The second-order valence-electron chi connectivity index (χ2n) is 2.79. The third-order valence-electron chi connectivity index (χ3n) is 1.72. The molecule has 0 fully saturated rings. The van der Waals surface area contributed by atoms with E-state index in [9.17, 15) is 8.78 Å².